The predicted octanol–water partition coefficient (Wildman–Crippen LogP) is 2.46. The highest BCUT2D eigenvalue weighted by atomic mass is 16.1. The van der Waals surface area contributed by atoms with Gasteiger partial charge in [-0.1, -0.05) is 12.1 Å². The Bertz CT molecular complexity index is 267. The molecular formula is C11H13NO. The van der Waals surface area contributed by atoms with Crippen LogP contribution in [-0.2, 0) is 4.79 Å². The first-order valence-corrected chi connectivity index (χ1v) is 4.44. The van der Waals surface area contributed by atoms with Crippen molar-refractivity contribution >= 4 is 12.4 Å². The van der Waals surface area contributed by atoms with E-state index >= 15 is 0 Å². The van der Waals surface area contributed by atoms with Crippen molar-refractivity contribution in [1.29, 1.82) is 0 Å². The summed E-state index contributed by atoms with van der Waals surface area (Å²) in [6, 6.07) is 5.80. The Labute approximate surface area is 78.3 Å². The number of unbranched alkanes of at least 4 members (excludes halogenated alkanes) is 2. The number of allylic oxidation sites excluding steroid dienone is 1. The zero-order chi connectivity index (χ0) is 9.36. The van der Waals surface area contributed by atoms with Crippen LogP contribution in [-0.4, -0.2) is 11.3 Å². The number of hydrogen-bond donors (Lipinski definition) is 0. The van der Waals surface area contributed by atoms with Gasteiger partial charge in [0.1, 0.15) is 6.29 Å². The molecule has 0 radical (unpaired) electrons. The van der Waals surface area contributed by atoms with Crippen molar-refractivity contribution in [3.8, 4) is 0 Å². The van der Waals surface area contributed by atoms with E-state index in [0.29, 0.717) is 6.42 Å². The second-order valence-corrected chi connectivity index (χ2v) is 2.75. The summed E-state index contributed by atoms with van der Waals surface area (Å²) < 4.78 is 0. The van der Waals surface area contributed by atoms with Crippen molar-refractivity contribution in [2.75, 3.05) is 0 Å². The van der Waals surface area contributed by atoms with Gasteiger partial charge in [-0.05, 0) is 31.1 Å². The number of carbonyl (C=O) groups is 1. The normalized spacial score (nSPS) is 10.5. The first-order chi connectivity index (χ1) is 6.43. The number of pyridine rings is 1. The molecule has 0 bridgehead atoms. The van der Waals surface area contributed by atoms with Gasteiger partial charge < -0.3 is 4.79 Å². The maximum absolute atomic E-state index is 10.0. The van der Waals surface area contributed by atoms with Crippen molar-refractivity contribution in [2.24, 2.45) is 0 Å². The molecule has 1 aromatic rings. The van der Waals surface area contributed by atoms with Crippen LogP contribution in [0, 0.1) is 0 Å². The Balaban J connectivity index is 2.28. The lowest BCUT2D eigenvalue weighted by molar-refractivity contribution is -0.107. The summed E-state index contributed by atoms with van der Waals surface area (Å²) in [5.74, 6) is 0. The van der Waals surface area contributed by atoms with Gasteiger partial charge in [0.05, 0.1) is 5.69 Å². The summed E-state index contributed by atoms with van der Waals surface area (Å²) in [7, 11) is 0. The monoisotopic (exact) mass is 175 g/mol. The van der Waals surface area contributed by atoms with Gasteiger partial charge in [0, 0.05) is 12.6 Å². The highest BCUT2D eigenvalue weighted by Gasteiger charge is 1.84. The fourth-order valence-electron chi connectivity index (χ4n) is 0.998. The summed E-state index contributed by atoms with van der Waals surface area (Å²) in [4.78, 5) is 14.1. The van der Waals surface area contributed by atoms with Gasteiger partial charge in [0.2, 0.25) is 0 Å². The van der Waals surface area contributed by atoms with Crippen LogP contribution < -0.4 is 0 Å². The molecule has 0 saturated heterocycles. The molecule has 0 amide bonds. The minimum Gasteiger partial charge on any atom is -0.303 e. The summed E-state index contributed by atoms with van der Waals surface area (Å²) in [6.07, 6.45) is 9.26. The molecule has 0 saturated carbocycles. The van der Waals surface area contributed by atoms with Crippen LogP contribution in [0.15, 0.2) is 30.5 Å². The molecule has 1 heterocycles. The Morgan fingerprint density at radius 1 is 1.31 bits per heavy atom. The maximum atomic E-state index is 10.0. The average Bonchev–Trinajstić information content (AvgIpc) is 2.19. The molecular weight excluding hydrogens is 162 g/mol. The van der Waals surface area contributed by atoms with Gasteiger partial charge in [-0.3, -0.25) is 4.98 Å². The van der Waals surface area contributed by atoms with Crippen LogP contribution in [0.2, 0.25) is 0 Å². The molecule has 2 nitrogen and oxygen atoms in total. The number of aromatic nitrogens is 1. The quantitative estimate of drug-likeness (QED) is 0.508. The highest BCUT2D eigenvalue weighted by Crippen LogP contribution is 2.00. The standard InChI is InChI=1S/C11H13NO/c13-10-6-2-1-3-7-11-8-4-5-9-12-11/h3-5,7-10H,1-2,6H2/b7-3+. The summed E-state index contributed by atoms with van der Waals surface area (Å²) in [6.45, 7) is 0. The van der Waals surface area contributed by atoms with Crippen LogP contribution in [0.1, 0.15) is 25.0 Å². The van der Waals surface area contributed by atoms with Crippen LogP contribution in [0.4, 0.5) is 0 Å². The van der Waals surface area contributed by atoms with Crippen molar-refractivity contribution < 1.29 is 4.79 Å². The molecule has 0 atom stereocenters. The van der Waals surface area contributed by atoms with E-state index in [0.717, 1.165) is 24.8 Å². The Morgan fingerprint density at radius 3 is 2.92 bits per heavy atom. The summed E-state index contributed by atoms with van der Waals surface area (Å²) >= 11 is 0. The van der Waals surface area contributed by atoms with Crippen molar-refractivity contribution in [3.05, 3.63) is 36.2 Å². The third-order valence-electron chi connectivity index (χ3n) is 1.67. The van der Waals surface area contributed by atoms with Crippen LogP contribution in [0.25, 0.3) is 6.08 Å². The lowest BCUT2D eigenvalue weighted by Gasteiger charge is -1.90. The molecule has 1 aromatic heterocycles. The first kappa shape index (κ1) is 9.65. The van der Waals surface area contributed by atoms with E-state index in [-0.39, 0.29) is 0 Å². The molecule has 68 valence electrons. The van der Waals surface area contributed by atoms with Gasteiger partial charge in [-0.15, -0.1) is 0 Å². The first-order valence-electron chi connectivity index (χ1n) is 4.44. The van der Waals surface area contributed by atoms with Crippen molar-refractivity contribution in [2.45, 2.75) is 19.3 Å². The van der Waals surface area contributed by atoms with Gasteiger partial charge >= 0.3 is 0 Å². The lowest BCUT2D eigenvalue weighted by Crippen LogP contribution is -1.77. The fourth-order valence-corrected chi connectivity index (χ4v) is 0.998. The molecule has 0 aliphatic heterocycles. The molecule has 0 unspecified atom stereocenters. The molecule has 2 heteroatoms. The number of carbonyl (C=O) groups excluding carboxylic acids is 1. The molecule has 0 fully saturated rings. The molecule has 13 heavy (non-hydrogen) atoms. The van der Waals surface area contributed by atoms with Crippen LogP contribution in [0.3, 0.4) is 0 Å². The third-order valence-corrected chi connectivity index (χ3v) is 1.67. The fraction of sp³-hybridized carbons (Fsp3) is 0.273. The number of hydrogen-bond acceptors (Lipinski definition) is 2. The zero-order valence-corrected chi connectivity index (χ0v) is 7.52. The third kappa shape index (κ3) is 4.21. The highest BCUT2D eigenvalue weighted by molar-refractivity contribution is 5.49. The van der Waals surface area contributed by atoms with Crippen molar-refractivity contribution in [3.63, 3.8) is 0 Å². The minimum atomic E-state index is 0.645. The molecule has 1 rings (SSSR count). The molecule has 0 spiro atoms. The van der Waals surface area contributed by atoms with E-state index in [1.807, 2.05) is 30.4 Å². The number of rotatable bonds is 5. The zero-order valence-electron chi connectivity index (χ0n) is 7.52. The second kappa shape index (κ2) is 6.12. The maximum Gasteiger partial charge on any atom is 0.120 e. The van der Waals surface area contributed by atoms with Gasteiger partial charge in [0.15, 0.2) is 0 Å². The molecule has 0 N–H and O–H groups in total. The Morgan fingerprint density at radius 2 is 2.23 bits per heavy atom. The largest absolute Gasteiger partial charge is 0.303 e. The van der Waals surface area contributed by atoms with E-state index in [1.165, 1.54) is 0 Å². The molecule has 0 aliphatic rings. The number of aldehydes is 1. The molecule has 0 aliphatic carbocycles. The van der Waals surface area contributed by atoms with Gasteiger partial charge in [-0.25, -0.2) is 0 Å². The topological polar surface area (TPSA) is 30.0 Å². The predicted molar refractivity (Wildman–Crippen MR) is 53.2 cm³/mol. The van der Waals surface area contributed by atoms with Gasteiger partial charge in [-0.2, -0.15) is 0 Å². The van der Waals surface area contributed by atoms with Crippen molar-refractivity contribution in [1.82, 2.24) is 4.98 Å². The molecule has 0 aromatic carbocycles. The van der Waals surface area contributed by atoms with Crippen LogP contribution >= 0.6 is 0 Å². The van der Waals surface area contributed by atoms with Gasteiger partial charge in [0.25, 0.3) is 0 Å². The SMILES string of the molecule is O=CCCC/C=C/c1ccccn1. The average molecular weight is 175 g/mol. The van der Waals surface area contributed by atoms with E-state index in [4.69, 9.17) is 0 Å². The summed E-state index contributed by atoms with van der Waals surface area (Å²) in [5.41, 5.74) is 0.966. The Kier molecular flexibility index (Phi) is 4.54. The summed E-state index contributed by atoms with van der Waals surface area (Å²) in [5, 5.41) is 0. The second-order valence-electron chi connectivity index (χ2n) is 2.75. The van der Waals surface area contributed by atoms with Crippen LogP contribution in [0.5, 0.6) is 0 Å². The van der Waals surface area contributed by atoms with E-state index in [1.54, 1.807) is 6.20 Å². The van der Waals surface area contributed by atoms with E-state index < -0.39 is 0 Å². The minimum absolute atomic E-state index is 0.645. The van der Waals surface area contributed by atoms with E-state index in [9.17, 15) is 4.79 Å². The lowest BCUT2D eigenvalue weighted by atomic mass is 10.2. The van der Waals surface area contributed by atoms with E-state index in [2.05, 4.69) is 4.98 Å². The number of nitrogens with zero attached hydrogens (tertiary/aromatic N) is 1. The Hall–Kier alpha value is -1.44. The smallest absolute Gasteiger partial charge is 0.120 e.